The highest BCUT2D eigenvalue weighted by atomic mass is 16.5. The summed E-state index contributed by atoms with van der Waals surface area (Å²) in [5, 5.41) is 2.85. The lowest BCUT2D eigenvalue weighted by Crippen LogP contribution is -2.50. The number of rotatable bonds is 2. The van der Waals surface area contributed by atoms with Crippen molar-refractivity contribution in [3.05, 3.63) is 35.4 Å². The molecule has 2 heteroatoms. The lowest BCUT2D eigenvalue weighted by atomic mass is 9.62. The minimum atomic E-state index is 0.0178. The van der Waals surface area contributed by atoms with Crippen molar-refractivity contribution in [1.82, 2.24) is 0 Å². The molecule has 6 rings (SSSR count). The Morgan fingerprint density at radius 3 is 1.47 bits per heavy atom. The van der Waals surface area contributed by atoms with Gasteiger partial charge in [0.1, 0.15) is 22.7 Å². The highest BCUT2D eigenvalue weighted by molar-refractivity contribution is 5.93. The normalized spacial score (nSPS) is 37.6. The highest BCUT2D eigenvalue weighted by Crippen LogP contribution is 2.59. The van der Waals surface area contributed by atoms with Gasteiger partial charge in [-0.15, -0.1) is 0 Å². The van der Waals surface area contributed by atoms with Gasteiger partial charge in [-0.3, -0.25) is 0 Å². The van der Waals surface area contributed by atoms with Crippen molar-refractivity contribution in [2.75, 3.05) is 0 Å². The number of hydrogen-bond donors (Lipinski definition) is 0. The molecule has 32 heavy (non-hydrogen) atoms. The second-order valence-corrected chi connectivity index (χ2v) is 12.3. The number of fused-ring (bicyclic) bond motifs is 11. The first kappa shape index (κ1) is 20.9. The van der Waals surface area contributed by atoms with Gasteiger partial charge in [-0.05, 0) is 96.9 Å². The van der Waals surface area contributed by atoms with Crippen LogP contribution in [-0.4, -0.2) is 11.2 Å². The van der Waals surface area contributed by atoms with Crippen LogP contribution in [0.5, 0.6) is 11.5 Å². The van der Waals surface area contributed by atoms with Gasteiger partial charge in [0.15, 0.2) is 0 Å². The van der Waals surface area contributed by atoms with E-state index in [0.29, 0.717) is 35.5 Å². The van der Waals surface area contributed by atoms with Crippen molar-refractivity contribution in [3.63, 3.8) is 0 Å². The van der Waals surface area contributed by atoms with Crippen LogP contribution < -0.4 is 9.47 Å². The summed E-state index contributed by atoms with van der Waals surface area (Å²) in [7, 11) is 0. The molecule has 2 heterocycles. The first-order valence-corrected chi connectivity index (χ1v) is 13.2. The third kappa shape index (κ3) is 2.71. The number of benzene rings is 2. The minimum Gasteiger partial charge on any atom is -0.487 e. The molecule has 2 nitrogen and oxygen atoms in total. The SMILES string of the molecule is CC1CCC2(C(C)C)CC1c1c(ccc3c4c(ccc13)OC1(C(C)C)CCC(C)C4C1)O2. The van der Waals surface area contributed by atoms with Crippen LogP contribution in [-0.2, 0) is 0 Å². The van der Waals surface area contributed by atoms with Crippen molar-refractivity contribution in [1.29, 1.82) is 0 Å². The van der Waals surface area contributed by atoms with Crippen LogP contribution in [0.4, 0.5) is 0 Å². The van der Waals surface area contributed by atoms with Crippen LogP contribution in [0.25, 0.3) is 10.8 Å². The molecule has 0 radical (unpaired) electrons. The van der Waals surface area contributed by atoms with E-state index >= 15 is 0 Å². The molecule has 4 bridgehead atoms. The summed E-state index contributed by atoms with van der Waals surface area (Å²) >= 11 is 0. The van der Waals surface area contributed by atoms with Gasteiger partial charge in [0.2, 0.25) is 0 Å². The topological polar surface area (TPSA) is 18.5 Å². The van der Waals surface area contributed by atoms with E-state index in [9.17, 15) is 0 Å². The Bertz CT molecular complexity index is 983. The Kier molecular flexibility index (Phi) is 4.50. The van der Waals surface area contributed by atoms with Gasteiger partial charge in [-0.1, -0.05) is 53.7 Å². The summed E-state index contributed by atoms with van der Waals surface area (Å²) in [6, 6.07) is 9.33. The van der Waals surface area contributed by atoms with Crippen molar-refractivity contribution in [2.24, 2.45) is 23.7 Å². The second kappa shape index (κ2) is 6.90. The quantitative estimate of drug-likeness (QED) is 0.476. The number of hydrogen-bond acceptors (Lipinski definition) is 2. The van der Waals surface area contributed by atoms with Crippen molar-refractivity contribution in [2.45, 2.75) is 103 Å². The van der Waals surface area contributed by atoms with Gasteiger partial charge >= 0.3 is 0 Å². The van der Waals surface area contributed by atoms with Crippen LogP contribution in [0.1, 0.15) is 103 Å². The monoisotopic (exact) mass is 432 g/mol. The van der Waals surface area contributed by atoms with Crippen LogP contribution in [0, 0.1) is 23.7 Å². The molecule has 172 valence electrons. The molecule has 2 fully saturated rings. The Balaban J connectivity index is 1.54. The highest BCUT2D eigenvalue weighted by Gasteiger charge is 2.51. The van der Waals surface area contributed by atoms with Crippen LogP contribution in [0.2, 0.25) is 0 Å². The fraction of sp³-hybridized carbons (Fsp3) is 0.667. The Morgan fingerprint density at radius 1 is 0.688 bits per heavy atom. The van der Waals surface area contributed by atoms with Crippen LogP contribution in [0.3, 0.4) is 0 Å². The molecule has 2 aromatic rings. The molecule has 0 N–H and O–H groups in total. The van der Waals surface area contributed by atoms with Gasteiger partial charge in [0.05, 0.1) is 0 Å². The van der Waals surface area contributed by atoms with E-state index in [1.165, 1.54) is 60.4 Å². The molecule has 2 saturated carbocycles. The first-order chi connectivity index (χ1) is 15.2. The summed E-state index contributed by atoms with van der Waals surface area (Å²) in [5.74, 6) is 6.02. The standard InChI is InChI=1S/C30H40O2/c1-17(2)29-13-11-19(5)23(15-29)27-21-8-10-26-28(22(21)7-9-25(27)31-29)24-16-30(32-26,18(3)4)14-12-20(24)6/h7-10,17-20,23-24H,11-16H2,1-6H3. The van der Waals surface area contributed by atoms with Gasteiger partial charge in [-0.2, -0.15) is 0 Å². The van der Waals surface area contributed by atoms with Crippen LogP contribution >= 0.6 is 0 Å². The zero-order valence-electron chi connectivity index (χ0n) is 20.8. The fourth-order valence-corrected chi connectivity index (χ4v) is 7.73. The molecular formula is C30H40O2. The van der Waals surface area contributed by atoms with Crippen LogP contribution in [0.15, 0.2) is 24.3 Å². The van der Waals surface area contributed by atoms with Crippen molar-refractivity contribution >= 4 is 10.8 Å². The molecule has 6 unspecified atom stereocenters. The Hall–Kier alpha value is -1.70. The zero-order chi connectivity index (χ0) is 22.4. The van der Waals surface area contributed by atoms with E-state index in [0.717, 1.165) is 11.5 Å². The predicted octanol–water partition coefficient (Wildman–Crippen LogP) is 8.22. The summed E-state index contributed by atoms with van der Waals surface area (Å²) < 4.78 is 13.7. The van der Waals surface area contributed by atoms with E-state index < -0.39 is 0 Å². The van der Waals surface area contributed by atoms with Gasteiger partial charge in [0.25, 0.3) is 0 Å². The largest absolute Gasteiger partial charge is 0.487 e. The van der Waals surface area contributed by atoms with Gasteiger partial charge in [0, 0.05) is 11.1 Å². The summed E-state index contributed by atoms with van der Waals surface area (Å²) in [5.41, 5.74) is 3.00. The van der Waals surface area contributed by atoms with E-state index in [2.05, 4.69) is 65.8 Å². The average Bonchev–Trinajstić information content (AvgIpc) is 2.77. The van der Waals surface area contributed by atoms with Crippen molar-refractivity contribution in [3.8, 4) is 11.5 Å². The van der Waals surface area contributed by atoms with E-state index in [4.69, 9.17) is 9.47 Å². The maximum Gasteiger partial charge on any atom is 0.124 e. The average molecular weight is 433 g/mol. The van der Waals surface area contributed by atoms with E-state index in [1.54, 1.807) is 0 Å². The molecule has 0 amide bonds. The summed E-state index contributed by atoms with van der Waals surface area (Å²) in [4.78, 5) is 0. The molecule has 2 aromatic carbocycles. The molecule has 0 aromatic heterocycles. The lowest BCUT2D eigenvalue weighted by molar-refractivity contribution is -0.0475. The lowest BCUT2D eigenvalue weighted by Gasteiger charge is -2.52. The van der Waals surface area contributed by atoms with Gasteiger partial charge in [-0.25, -0.2) is 0 Å². The molecule has 4 aliphatic rings. The Labute approximate surface area is 194 Å². The Morgan fingerprint density at radius 2 is 1.09 bits per heavy atom. The molecule has 6 atom stereocenters. The maximum absolute atomic E-state index is 6.87. The van der Waals surface area contributed by atoms with Crippen molar-refractivity contribution < 1.29 is 9.47 Å². The molecule has 0 saturated heterocycles. The third-order valence-corrected chi connectivity index (χ3v) is 10.2. The predicted molar refractivity (Wildman–Crippen MR) is 132 cm³/mol. The first-order valence-electron chi connectivity index (χ1n) is 13.2. The van der Waals surface area contributed by atoms with E-state index in [1.807, 2.05) is 0 Å². The fourth-order valence-electron chi connectivity index (χ4n) is 7.73. The number of ether oxygens (including phenoxy) is 2. The summed E-state index contributed by atoms with van der Waals surface area (Å²) in [6.45, 7) is 14.3. The minimum absolute atomic E-state index is 0.0178. The van der Waals surface area contributed by atoms with Gasteiger partial charge < -0.3 is 9.47 Å². The summed E-state index contributed by atoms with van der Waals surface area (Å²) in [6.07, 6.45) is 7.25. The molecule has 0 spiro atoms. The zero-order valence-corrected chi connectivity index (χ0v) is 20.8. The molecule has 2 aliphatic carbocycles. The third-order valence-electron chi connectivity index (χ3n) is 10.2. The van der Waals surface area contributed by atoms with E-state index in [-0.39, 0.29) is 11.2 Å². The maximum atomic E-state index is 6.87. The molecule has 2 aliphatic heterocycles. The molecular weight excluding hydrogens is 392 g/mol. The smallest absolute Gasteiger partial charge is 0.124 e. The second-order valence-electron chi connectivity index (χ2n) is 12.3.